The van der Waals surface area contributed by atoms with Crippen LogP contribution in [0.1, 0.15) is 0 Å². The highest BCUT2D eigenvalue weighted by molar-refractivity contribution is 6.37. The molecule has 21 heavy (non-hydrogen) atoms. The van der Waals surface area contributed by atoms with Crippen LogP contribution in [0.25, 0.3) is 11.1 Å². The molecule has 0 radical (unpaired) electrons. The van der Waals surface area contributed by atoms with Crippen LogP contribution in [0, 0.1) is 0 Å². The molecule has 6 heteroatoms. The van der Waals surface area contributed by atoms with Crippen LogP contribution < -0.4 is 5.32 Å². The van der Waals surface area contributed by atoms with Gasteiger partial charge in [-0.25, -0.2) is 15.0 Å². The van der Waals surface area contributed by atoms with Gasteiger partial charge in [0, 0.05) is 10.6 Å². The second-order valence-electron chi connectivity index (χ2n) is 4.26. The smallest absolute Gasteiger partial charge is 0.230 e. The summed E-state index contributed by atoms with van der Waals surface area (Å²) in [7, 11) is 0. The van der Waals surface area contributed by atoms with Crippen molar-refractivity contribution in [1.82, 2.24) is 15.0 Å². The largest absolute Gasteiger partial charge is 0.322 e. The average Bonchev–Trinajstić information content (AvgIpc) is 2.51. The number of aromatic nitrogens is 3. The van der Waals surface area contributed by atoms with Gasteiger partial charge in [0.1, 0.15) is 12.7 Å². The van der Waals surface area contributed by atoms with E-state index in [0.717, 1.165) is 11.1 Å². The van der Waals surface area contributed by atoms with E-state index in [4.69, 9.17) is 23.2 Å². The zero-order chi connectivity index (χ0) is 14.7. The number of hydrogen-bond donors (Lipinski definition) is 1. The molecular weight excluding hydrogens is 307 g/mol. The molecule has 3 rings (SSSR count). The minimum Gasteiger partial charge on any atom is -0.322 e. The fourth-order valence-corrected chi connectivity index (χ4v) is 2.50. The van der Waals surface area contributed by atoms with Gasteiger partial charge in [-0.05, 0) is 17.7 Å². The van der Waals surface area contributed by atoms with Crippen molar-refractivity contribution < 1.29 is 0 Å². The van der Waals surface area contributed by atoms with Crippen LogP contribution in [0.3, 0.4) is 0 Å². The highest BCUT2D eigenvalue weighted by Gasteiger charge is 2.12. The topological polar surface area (TPSA) is 50.7 Å². The monoisotopic (exact) mass is 316 g/mol. The molecule has 2 aromatic carbocycles. The molecule has 1 N–H and O–H groups in total. The maximum Gasteiger partial charge on any atom is 0.230 e. The van der Waals surface area contributed by atoms with Crippen molar-refractivity contribution in [3.05, 3.63) is 65.2 Å². The van der Waals surface area contributed by atoms with E-state index >= 15 is 0 Å². The Bertz CT molecular complexity index is 748. The highest BCUT2D eigenvalue weighted by atomic mass is 35.5. The quantitative estimate of drug-likeness (QED) is 0.767. The minimum absolute atomic E-state index is 0.423. The fraction of sp³-hybridized carbons (Fsp3) is 0. The Morgan fingerprint density at radius 1 is 0.905 bits per heavy atom. The molecule has 0 saturated carbocycles. The highest BCUT2D eigenvalue weighted by Crippen LogP contribution is 2.38. The molecule has 0 aliphatic rings. The number of rotatable bonds is 3. The molecule has 0 bridgehead atoms. The zero-order valence-corrected chi connectivity index (χ0v) is 12.3. The van der Waals surface area contributed by atoms with Crippen LogP contribution >= 0.6 is 23.2 Å². The first-order valence-corrected chi connectivity index (χ1v) is 6.93. The molecule has 0 atom stereocenters. The third-order valence-electron chi connectivity index (χ3n) is 2.87. The maximum absolute atomic E-state index is 6.32. The van der Waals surface area contributed by atoms with Crippen molar-refractivity contribution in [2.45, 2.75) is 0 Å². The van der Waals surface area contributed by atoms with Crippen molar-refractivity contribution >= 4 is 34.8 Å². The van der Waals surface area contributed by atoms with Gasteiger partial charge in [-0.2, -0.15) is 0 Å². The first-order valence-electron chi connectivity index (χ1n) is 6.17. The van der Waals surface area contributed by atoms with Crippen LogP contribution in [0.4, 0.5) is 11.6 Å². The number of halogens is 2. The Hall–Kier alpha value is -2.17. The summed E-state index contributed by atoms with van der Waals surface area (Å²) in [6, 6.07) is 13.4. The van der Waals surface area contributed by atoms with Crippen LogP contribution in [-0.2, 0) is 0 Å². The number of benzene rings is 2. The van der Waals surface area contributed by atoms with Crippen LogP contribution in [0.2, 0.25) is 10.0 Å². The first-order chi connectivity index (χ1) is 10.2. The number of anilines is 2. The summed E-state index contributed by atoms with van der Waals surface area (Å²) in [6.45, 7) is 0. The molecular formula is C15H10Cl2N4. The number of nitrogens with one attached hydrogen (secondary N) is 1. The standard InChI is InChI=1S/C15H10Cl2N4/c16-11-6-12(10-4-2-1-3-5-10)14(13(17)7-11)21-15-19-8-18-9-20-15/h1-9H,(H,18,19,20,21). The summed E-state index contributed by atoms with van der Waals surface area (Å²) in [5.74, 6) is 0.423. The van der Waals surface area contributed by atoms with Gasteiger partial charge in [-0.3, -0.25) is 0 Å². The molecule has 3 aromatic rings. The van der Waals surface area contributed by atoms with E-state index in [1.807, 2.05) is 36.4 Å². The van der Waals surface area contributed by atoms with Gasteiger partial charge in [0.2, 0.25) is 5.95 Å². The lowest BCUT2D eigenvalue weighted by atomic mass is 10.0. The summed E-state index contributed by atoms with van der Waals surface area (Å²) in [5, 5.41) is 4.18. The van der Waals surface area contributed by atoms with Crippen LogP contribution in [0.15, 0.2) is 55.1 Å². The van der Waals surface area contributed by atoms with Crippen LogP contribution in [-0.4, -0.2) is 15.0 Å². The Kier molecular flexibility index (Phi) is 3.99. The normalized spacial score (nSPS) is 10.4. The van der Waals surface area contributed by atoms with Crippen molar-refractivity contribution in [2.75, 3.05) is 5.32 Å². The summed E-state index contributed by atoms with van der Waals surface area (Å²) in [5.41, 5.74) is 2.59. The second-order valence-corrected chi connectivity index (χ2v) is 5.11. The lowest BCUT2D eigenvalue weighted by Gasteiger charge is -2.13. The summed E-state index contributed by atoms with van der Waals surface area (Å²) in [4.78, 5) is 11.9. The minimum atomic E-state index is 0.423. The molecule has 0 unspecified atom stereocenters. The van der Waals surface area contributed by atoms with Gasteiger partial charge in [0.25, 0.3) is 0 Å². The Labute approximate surface area is 131 Å². The van der Waals surface area contributed by atoms with E-state index in [0.29, 0.717) is 21.7 Å². The van der Waals surface area contributed by atoms with E-state index < -0.39 is 0 Å². The van der Waals surface area contributed by atoms with Crippen molar-refractivity contribution in [2.24, 2.45) is 0 Å². The van der Waals surface area contributed by atoms with Gasteiger partial charge in [0.15, 0.2) is 0 Å². The lowest BCUT2D eigenvalue weighted by molar-refractivity contribution is 1.05. The summed E-state index contributed by atoms with van der Waals surface area (Å²) < 4.78 is 0. The molecule has 0 fully saturated rings. The fourth-order valence-electron chi connectivity index (χ4n) is 1.96. The molecule has 0 aliphatic carbocycles. The van der Waals surface area contributed by atoms with Gasteiger partial charge in [0.05, 0.1) is 10.7 Å². The first kappa shape index (κ1) is 13.8. The summed E-state index contributed by atoms with van der Waals surface area (Å²) >= 11 is 12.4. The molecule has 0 spiro atoms. The zero-order valence-electron chi connectivity index (χ0n) is 10.8. The Morgan fingerprint density at radius 3 is 2.33 bits per heavy atom. The van der Waals surface area contributed by atoms with E-state index in [-0.39, 0.29) is 0 Å². The number of hydrogen-bond acceptors (Lipinski definition) is 4. The van der Waals surface area contributed by atoms with Gasteiger partial charge < -0.3 is 5.32 Å². The Morgan fingerprint density at radius 2 is 1.62 bits per heavy atom. The maximum atomic E-state index is 6.32. The van der Waals surface area contributed by atoms with Crippen LogP contribution in [0.5, 0.6) is 0 Å². The van der Waals surface area contributed by atoms with E-state index in [1.54, 1.807) is 6.07 Å². The third-order valence-corrected chi connectivity index (χ3v) is 3.39. The van der Waals surface area contributed by atoms with Gasteiger partial charge in [-0.15, -0.1) is 0 Å². The lowest BCUT2D eigenvalue weighted by Crippen LogP contribution is -1.99. The molecule has 104 valence electrons. The molecule has 1 aromatic heterocycles. The average molecular weight is 317 g/mol. The summed E-state index contributed by atoms with van der Waals surface area (Å²) in [6.07, 6.45) is 2.84. The van der Waals surface area contributed by atoms with Gasteiger partial charge >= 0.3 is 0 Å². The molecule has 4 nitrogen and oxygen atoms in total. The molecule has 0 amide bonds. The second kappa shape index (κ2) is 6.08. The third kappa shape index (κ3) is 3.12. The van der Waals surface area contributed by atoms with E-state index in [9.17, 15) is 0 Å². The van der Waals surface area contributed by atoms with E-state index in [2.05, 4.69) is 20.3 Å². The number of nitrogens with zero attached hydrogens (tertiary/aromatic N) is 3. The van der Waals surface area contributed by atoms with Crippen molar-refractivity contribution in [3.8, 4) is 11.1 Å². The molecule has 0 aliphatic heterocycles. The molecule has 1 heterocycles. The Balaban J connectivity index is 2.11. The van der Waals surface area contributed by atoms with Gasteiger partial charge in [-0.1, -0.05) is 53.5 Å². The van der Waals surface area contributed by atoms with Crippen molar-refractivity contribution in [1.29, 1.82) is 0 Å². The molecule has 0 saturated heterocycles. The van der Waals surface area contributed by atoms with Crippen molar-refractivity contribution in [3.63, 3.8) is 0 Å². The SMILES string of the molecule is Clc1cc(Cl)c(Nc2ncncn2)c(-c2ccccc2)c1. The van der Waals surface area contributed by atoms with E-state index in [1.165, 1.54) is 12.7 Å². The predicted octanol–water partition coefficient (Wildman–Crippen LogP) is 4.59. The predicted molar refractivity (Wildman–Crippen MR) is 85.0 cm³/mol.